The first-order valence-corrected chi connectivity index (χ1v) is 7.50. The third-order valence-corrected chi connectivity index (χ3v) is 3.73. The van der Waals surface area contributed by atoms with Crippen molar-refractivity contribution in [1.82, 2.24) is 4.90 Å². The standard InChI is InChI=1S/C18H17N3O2/c19-13-14-1-5-16(6-2-14)20-17-7-3-15(4-8-17)18(22)21-9-11-23-12-10-21/h1-8,20H,9-12H2. The molecule has 0 radical (unpaired) electrons. The lowest BCUT2D eigenvalue weighted by molar-refractivity contribution is 0.0303. The second-order valence-electron chi connectivity index (χ2n) is 5.30. The Balaban J connectivity index is 1.66. The normalized spacial score (nSPS) is 14.1. The number of carbonyl (C=O) groups is 1. The molecule has 0 saturated carbocycles. The highest BCUT2D eigenvalue weighted by atomic mass is 16.5. The van der Waals surface area contributed by atoms with Crippen LogP contribution in [0, 0.1) is 11.3 Å². The van der Waals surface area contributed by atoms with E-state index in [0.29, 0.717) is 37.4 Å². The maximum absolute atomic E-state index is 12.4. The highest BCUT2D eigenvalue weighted by molar-refractivity contribution is 5.94. The van der Waals surface area contributed by atoms with Crippen LogP contribution >= 0.6 is 0 Å². The van der Waals surface area contributed by atoms with E-state index in [1.54, 1.807) is 12.1 Å². The molecule has 0 atom stereocenters. The van der Waals surface area contributed by atoms with Crippen LogP contribution in [-0.2, 0) is 4.74 Å². The van der Waals surface area contributed by atoms with Gasteiger partial charge in [0.1, 0.15) is 0 Å². The molecule has 1 N–H and O–H groups in total. The SMILES string of the molecule is N#Cc1ccc(Nc2ccc(C(=O)N3CCOCC3)cc2)cc1. The van der Waals surface area contributed by atoms with Crippen molar-refractivity contribution >= 4 is 17.3 Å². The van der Waals surface area contributed by atoms with Crippen LogP contribution in [0.4, 0.5) is 11.4 Å². The van der Waals surface area contributed by atoms with Crippen LogP contribution in [0.5, 0.6) is 0 Å². The maximum atomic E-state index is 12.4. The van der Waals surface area contributed by atoms with Gasteiger partial charge in [0.2, 0.25) is 0 Å². The number of hydrogen-bond donors (Lipinski definition) is 1. The second kappa shape index (κ2) is 6.95. The van der Waals surface area contributed by atoms with Crippen molar-refractivity contribution in [2.24, 2.45) is 0 Å². The number of hydrogen-bond acceptors (Lipinski definition) is 4. The topological polar surface area (TPSA) is 65.4 Å². The lowest BCUT2D eigenvalue weighted by atomic mass is 10.1. The Morgan fingerprint density at radius 3 is 2.13 bits per heavy atom. The Labute approximate surface area is 135 Å². The predicted octanol–water partition coefficient (Wildman–Crippen LogP) is 2.77. The summed E-state index contributed by atoms with van der Waals surface area (Å²) in [5, 5.41) is 12.0. The van der Waals surface area contributed by atoms with Gasteiger partial charge in [0.25, 0.3) is 5.91 Å². The monoisotopic (exact) mass is 307 g/mol. The predicted molar refractivity (Wildman–Crippen MR) is 87.6 cm³/mol. The number of anilines is 2. The van der Waals surface area contributed by atoms with E-state index < -0.39 is 0 Å². The van der Waals surface area contributed by atoms with E-state index in [-0.39, 0.29) is 5.91 Å². The molecule has 2 aromatic carbocycles. The Kier molecular flexibility index (Phi) is 4.55. The van der Waals surface area contributed by atoms with Gasteiger partial charge in [0.15, 0.2) is 0 Å². The molecule has 5 heteroatoms. The number of ether oxygens (including phenoxy) is 1. The average Bonchev–Trinajstić information content (AvgIpc) is 2.63. The van der Waals surface area contributed by atoms with Gasteiger partial charge in [-0.1, -0.05) is 0 Å². The molecule has 1 aliphatic rings. The van der Waals surface area contributed by atoms with E-state index in [9.17, 15) is 4.79 Å². The van der Waals surface area contributed by atoms with E-state index in [2.05, 4.69) is 11.4 Å². The van der Waals surface area contributed by atoms with Crippen LogP contribution in [0.1, 0.15) is 15.9 Å². The molecule has 0 bridgehead atoms. The van der Waals surface area contributed by atoms with Crippen molar-refractivity contribution < 1.29 is 9.53 Å². The molecule has 1 saturated heterocycles. The first kappa shape index (κ1) is 15.1. The molecule has 116 valence electrons. The molecule has 5 nitrogen and oxygen atoms in total. The first-order valence-electron chi connectivity index (χ1n) is 7.50. The summed E-state index contributed by atoms with van der Waals surface area (Å²) in [4.78, 5) is 14.2. The van der Waals surface area contributed by atoms with Crippen LogP contribution < -0.4 is 5.32 Å². The number of carbonyl (C=O) groups excluding carboxylic acids is 1. The number of nitrogens with zero attached hydrogens (tertiary/aromatic N) is 2. The molecule has 0 aromatic heterocycles. The van der Waals surface area contributed by atoms with Gasteiger partial charge in [-0.3, -0.25) is 4.79 Å². The number of morpholine rings is 1. The lowest BCUT2D eigenvalue weighted by Crippen LogP contribution is -2.40. The minimum Gasteiger partial charge on any atom is -0.378 e. The molecule has 1 heterocycles. The molecule has 1 fully saturated rings. The number of nitrogens with one attached hydrogen (secondary N) is 1. The fourth-order valence-electron chi connectivity index (χ4n) is 2.44. The number of amides is 1. The zero-order valence-corrected chi connectivity index (χ0v) is 12.7. The molecule has 0 aliphatic carbocycles. The highest BCUT2D eigenvalue weighted by Gasteiger charge is 2.18. The van der Waals surface area contributed by atoms with Crippen molar-refractivity contribution in [2.75, 3.05) is 31.6 Å². The zero-order valence-electron chi connectivity index (χ0n) is 12.7. The lowest BCUT2D eigenvalue weighted by Gasteiger charge is -2.26. The number of benzene rings is 2. The Morgan fingerprint density at radius 2 is 1.57 bits per heavy atom. The molecule has 1 aliphatic heterocycles. The van der Waals surface area contributed by atoms with Crippen LogP contribution in [0.25, 0.3) is 0 Å². The largest absolute Gasteiger partial charge is 0.378 e. The van der Waals surface area contributed by atoms with Gasteiger partial charge < -0.3 is 15.0 Å². The molecule has 2 aromatic rings. The Bertz CT molecular complexity index is 711. The smallest absolute Gasteiger partial charge is 0.254 e. The summed E-state index contributed by atoms with van der Waals surface area (Å²) in [6.07, 6.45) is 0. The fraction of sp³-hybridized carbons (Fsp3) is 0.222. The number of nitriles is 1. The number of rotatable bonds is 3. The molecule has 3 rings (SSSR count). The summed E-state index contributed by atoms with van der Waals surface area (Å²) in [6, 6.07) is 16.7. The van der Waals surface area contributed by atoms with Crippen LogP contribution in [0.2, 0.25) is 0 Å². The summed E-state index contributed by atoms with van der Waals surface area (Å²) in [6.45, 7) is 2.49. The summed E-state index contributed by atoms with van der Waals surface area (Å²) in [5.41, 5.74) is 3.10. The van der Waals surface area contributed by atoms with Crippen molar-refractivity contribution in [1.29, 1.82) is 5.26 Å². The van der Waals surface area contributed by atoms with Crippen molar-refractivity contribution in [3.05, 3.63) is 59.7 Å². The highest BCUT2D eigenvalue weighted by Crippen LogP contribution is 2.18. The summed E-state index contributed by atoms with van der Waals surface area (Å²) in [7, 11) is 0. The van der Waals surface area contributed by atoms with Gasteiger partial charge in [-0.25, -0.2) is 0 Å². The minimum absolute atomic E-state index is 0.0400. The van der Waals surface area contributed by atoms with Gasteiger partial charge in [-0.05, 0) is 48.5 Å². The van der Waals surface area contributed by atoms with Gasteiger partial charge in [-0.2, -0.15) is 5.26 Å². The molecule has 1 amide bonds. The molecule has 23 heavy (non-hydrogen) atoms. The van der Waals surface area contributed by atoms with Crippen molar-refractivity contribution in [2.45, 2.75) is 0 Å². The Hall–Kier alpha value is -2.84. The third-order valence-electron chi connectivity index (χ3n) is 3.73. The molecular formula is C18H17N3O2. The first-order chi connectivity index (χ1) is 11.3. The average molecular weight is 307 g/mol. The van der Waals surface area contributed by atoms with Crippen molar-refractivity contribution in [3.63, 3.8) is 0 Å². The fourth-order valence-corrected chi connectivity index (χ4v) is 2.44. The van der Waals surface area contributed by atoms with Gasteiger partial charge >= 0.3 is 0 Å². The van der Waals surface area contributed by atoms with Crippen LogP contribution in [0.3, 0.4) is 0 Å². The minimum atomic E-state index is 0.0400. The van der Waals surface area contributed by atoms with E-state index in [1.165, 1.54) is 0 Å². The Morgan fingerprint density at radius 1 is 1.00 bits per heavy atom. The van der Waals surface area contributed by atoms with Gasteiger partial charge in [0, 0.05) is 30.0 Å². The van der Waals surface area contributed by atoms with Crippen molar-refractivity contribution in [3.8, 4) is 6.07 Å². The van der Waals surface area contributed by atoms with Crippen LogP contribution in [0.15, 0.2) is 48.5 Å². The van der Waals surface area contributed by atoms with E-state index >= 15 is 0 Å². The maximum Gasteiger partial charge on any atom is 0.254 e. The van der Waals surface area contributed by atoms with Gasteiger partial charge in [-0.15, -0.1) is 0 Å². The summed E-state index contributed by atoms with van der Waals surface area (Å²) in [5.74, 6) is 0.0400. The summed E-state index contributed by atoms with van der Waals surface area (Å²) >= 11 is 0. The molecular weight excluding hydrogens is 290 g/mol. The van der Waals surface area contributed by atoms with Crippen LogP contribution in [-0.4, -0.2) is 37.1 Å². The molecule has 0 unspecified atom stereocenters. The van der Waals surface area contributed by atoms with E-state index in [1.807, 2.05) is 41.3 Å². The molecule has 0 spiro atoms. The zero-order chi connectivity index (χ0) is 16.1. The quantitative estimate of drug-likeness (QED) is 0.947. The van der Waals surface area contributed by atoms with E-state index in [4.69, 9.17) is 10.00 Å². The van der Waals surface area contributed by atoms with Gasteiger partial charge in [0.05, 0.1) is 24.8 Å². The summed E-state index contributed by atoms with van der Waals surface area (Å²) < 4.78 is 5.26. The van der Waals surface area contributed by atoms with E-state index in [0.717, 1.165) is 11.4 Å². The third kappa shape index (κ3) is 3.68. The second-order valence-corrected chi connectivity index (χ2v) is 5.30.